The van der Waals surface area contributed by atoms with Crippen LogP contribution in [0.25, 0.3) is 10.9 Å². The highest BCUT2D eigenvalue weighted by Crippen LogP contribution is 2.23. The van der Waals surface area contributed by atoms with Crippen molar-refractivity contribution in [2.24, 2.45) is 0 Å². The first kappa shape index (κ1) is 12.4. The molecule has 3 N–H and O–H groups in total. The molecular formula is C14H12BrN3S. The van der Waals surface area contributed by atoms with Gasteiger partial charge in [0.15, 0.2) is 0 Å². The smallest absolute Gasteiger partial charge is 0.126 e. The fraction of sp³-hybridized carbons (Fsp3) is 0.0714. The van der Waals surface area contributed by atoms with Crippen molar-refractivity contribution in [3.8, 4) is 0 Å². The maximum absolute atomic E-state index is 5.75. The third-order valence-corrected chi connectivity index (χ3v) is 4.41. The largest absolute Gasteiger partial charge is 0.399 e. The maximum atomic E-state index is 5.75. The van der Waals surface area contributed by atoms with Crippen molar-refractivity contribution in [2.45, 2.75) is 6.54 Å². The first-order valence-corrected chi connectivity index (χ1v) is 7.46. The number of nitrogens with one attached hydrogen (secondary N) is 1. The molecule has 2 aromatic heterocycles. The Hall–Kier alpha value is -1.59. The van der Waals surface area contributed by atoms with E-state index in [-0.39, 0.29) is 0 Å². The van der Waals surface area contributed by atoms with Gasteiger partial charge in [0.1, 0.15) is 5.82 Å². The molecule has 0 aliphatic carbocycles. The van der Waals surface area contributed by atoms with E-state index in [9.17, 15) is 0 Å². The van der Waals surface area contributed by atoms with Gasteiger partial charge in [-0.05, 0) is 58.4 Å². The number of anilines is 2. The Kier molecular flexibility index (Phi) is 3.40. The van der Waals surface area contributed by atoms with E-state index < -0.39 is 0 Å². The Bertz CT molecular complexity index is 724. The molecule has 3 rings (SSSR count). The number of rotatable bonds is 3. The lowest BCUT2D eigenvalue weighted by atomic mass is 10.2. The van der Waals surface area contributed by atoms with Crippen LogP contribution in [-0.4, -0.2) is 4.98 Å². The molecule has 0 unspecified atom stereocenters. The highest BCUT2D eigenvalue weighted by Gasteiger charge is 2.01. The lowest BCUT2D eigenvalue weighted by Gasteiger charge is -2.05. The number of halogens is 1. The van der Waals surface area contributed by atoms with Crippen LogP contribution in [0.3, 0.4) is 0 Å². The first-order chi connectivity index (χ1) is 9.20. The second-order valence-electron chi connectivity index (χ2n) is 4.21. The SMILES string of the molecule is Nc1ccc2nc(NCc3ccc(Br)s3)ccc2c1. The predicted octanol–water partition coefficient (Wildman–Crippen LogP) is 4.25. The molecule has 2 heterocycles. The second-order valence-corrected chi connectivity index (χ2v) is 6.76. The van der Waals surface area contributed by atoms with Crippen LogP contribution in [0.1, 0.15) is 4.88 Å². The quantitative estimate of drug-likeness (QED) is 0.704. The molecular weight excluding hydrogens is 322 g/mol. The van der Waals surface area contributed by atoms with Gasteiger partial charge in [-0.1, -0.05) is 0 Å². The van der Waals surface area contributed by atoms with Crippen LogP contribution in [0.2, 0.25) is 0 Å². The van der Waals surface area contributed by atoms with Crippen LogP contribution in [0, 0.1) is 0 Å². The van der Waals surface area contributed by atoms with Crippen molar-refractivity contribution in [2.75, 3.05) is 11.1 Å². The van der Waals surface area contributed by atoms with Crippen molar-refractivity contribution in [1.29, 1.82) is 0 Å². The fourth-order valence-corrected chi connectivity index (χ4v) is 3.29. The zero-order valence-electron chi connectivity index (χ0n) is 10.1. The van der Waals surface area contributed by atoms with Crippen molar-refractivity contribution in [3.05, 3.63) is 51.1 Å². The van der Waals surface area contributed by atoms with Crippen molar-refractivity contribution in [3.63, 3.8) is 0 Å². The summed E-state index contributed by atoms with van der Waals surface area (Å²) in [6, 6.07) is 13.9. The number of fused-ring (bicyclic) bond motifs is 1. The Morgan fingerprint density at radius 1 is 1.16 bits per heavy atom. The van der Waals surface area contributed by atoms with Gasteiger partial charge in [-0.2, -0.15) is 0 Å². The highest BCUT2D eigenvalue weighted by molar-refractivity contribution is 9.11. The minimum atomic E-state index is 0.762. The third kappa shape index (κ3) is 2.88. The van der Waals surface area contributed by atoms with Crippen molar-refractivity contribution in [1.82, 2.24) is 4.98 Å². The van der Waals surface area contributed by atoms with Gasteiger partial charge in [0.25, 0.3) is 0 Å². The number of pyridine rings is 1. The number of nitrogens with two attached hydrogens (primary N) is 1. The topological polar surface area (TPSA) is 50.9 Å². The zero-order chi connectivity index (χ0) is 13.2. The molecule has 0 saturated carbocycles. The standard InChI is InChI=1S/C14H12BrN3S/c15-13-5-3-11(19-13)8-17-14-6-1-9-7-10(16)2-4-12(9)18-14/h1-7H,8,16H2,(H,17,18). The van der Waals surface area contributed by atoms with Crippen LogP contribution in [-0.2, 0) is 6.54 Å². The molecule has 19 heavy (non-hydrogen) atoms. The minimum Gasteiger partial charge on any atom is -0.399 e. The maximum Gasteiger partial charge on any atom is 0.126 e. The number of aromatic nitrogens is 1. The van der Waals surface area contributed by atoms with E-state index in [1.54, 1.807) is 11.3 Å². The van der Waals surface area contributed by atoms with Crippen molar-refractivity contribution < 1.29 is 0 Å². The summed E-state index contributed by atoms with van der Waals surface area (Å²) < 4.78 is 1.14. The monoisotopic (exact) mass is 333 g/mol. The summed E-state index contributed by atoms with van der Waals surface area (Å²) in [6.45, 7) is 0.781. The van der Waals surface area contributed by atoms with E-state index in [0.717, 1.165) is 32.7 Å². The summed E-state index contributed by atoms with van der Waals surface area (Å²) in [5.74, 6) is 0.877. The first-order valence-electron chi connectivity index (χ1n) is 5.85. The normalized spacial score (nSPS) is 10.8. The number of nitrogen functional groups attached to an aromatic ring is 1. The van der Waals surface area contributed by atoms with Crippen molar-refractivity contribution >= 4 is 49.7 Å². The number of hydrogen-bond acceptors (Lipinski definition) is 4. The molecule has 3 nitrogen and oxygen atoms in total. The summed E-state index contributed by atoms with van der Waals surface area (Å²) in [4.78, 5) is 5.83. The lowest BCUT2D eigenvalue weighted by molar-refractivity contribution is 1.16. The van der Waals surface area contributed by atoms with Gasteiger partial charge < -0.3 is 11.1 Å². The highest BCUT2D eigenvalue weighted by atomic mass is 79.9. The zero-order valence-corrected chi connectivity index (χ0v) is 12.5. The molecule has 0 spiro atoms. The molecule has 0 aliphatic heterocycles. The fourth-order valence-electron chi connectivity index (χ4n) is 1.87. The molecule has 96 valence electrons. The van der Waals surface area contributed by atoms with Gasteiger partial charge in [0.05, 0.1) is 15.8 Å². The molecule has 3 aromatic rings. The van der Waals surface area contributed by atoms with Crippen LogP contribution in [0.5, 0.6) is 0 Å². The second kappa shape index (κ2) is 5.19. The van der Waals surface area contributed by atoms with E-state index in [2.05, 4.69) is 38.4 Å². The van der Waals surface area contributed by atoms with E-state index >= 15 is 0 Å². The molecule has 5 heteroatoms. The lowest BCUT2D eigenvalue weighted by Crippen LogP contribution is -1.99. The Morgan fingerprint density at radius 2 is 2.05 bits per heavy atom. The summed E-state index contributed by atoms with van der Waals surface area (Å²) in [7, 11) is 0. The third-order valence-electron chi connectivity index (χ3n) is 2.79. The summed E-state index contributed by atoms with van der Waals surface area (Å²) >= 11 is 5.18. The molecule has 0 amide bonds. The summed E-state index contributed by atoms with van der Waals surface area (Å²) in [5.41, 5.74) is 7.47. The van der Waals surface area contributed by atoms with Crippen LogP contribution < -0.4 is 11.1 Å². The number of nitrogens with zero attached hydrogens (tertiary/aromatic N) is 1. The van der Waals surface area contributed by atoms with Crippen LogP contribution in [0.4, 0.5) is 11.5 Å². The van der Waals surface area contributed by atoms with E-state index in [4.69, 9.17) is 5.73 Å². The summed E-state index contributed by atoms with van der Waals surface area (Å²) in [6.07, 6.45) is 0. The van der Waals surface area contributed by atoms with E-state index in [1.165, 1.54) is 4.88 Å². The number of benzene rings is 1. The van der Waals surface area contributed by atoms with Gasteiger partial charge in [-0.15, -0.1) is 11.3 Å². The molecule has 0 atom stereocenters. The van der Waals surface area contributed by atoms with E-state index in [1.807, 2.05) is 30.3 Å². The number of thiophene rings is 1. The average molecular weight is 334 g/mol. The number of hydrogen-bond donors (Lipinski definition) is 2. The predicted molar refractivity (Wildman–Crippen MR) is 85.5 cm³/mol. The summed E-state index contributed by atoms with van der Waals surface area (Å²) in [5, 5.41) is 4.39. The van der Waals surface area contributed by atoms with Crippen LogP contribution >= 0.6 is 27.3 Å². The molecule has 1 aromatic carbocycles. The van der Waals surface area contributed by atoms with Gasteiger partial charge in [0, 0.05) is 16.0 Å². The molecule has 0 saturated heterocycles. The van der Waals surface area contributed by atoms with Gasteiger partial charge in [-0.25, -0.2) is 4.98 Å². The Labute approximate surface area is 123 Å². The molecule has 0 fully saturated rings. The minimum absolute atomic E-state index is 0.762. The van der Waals surface area contributed by atoms with E-state index in [0.29, 0.717) is 0 Å². The molecule has 0 radical (unpaired) electrons. The van der Waals surface area contributed by atoms with Gasteiger partial charge in [-0.3, -0.25) is 0 Å². The van der Waals surface area contributed by atoms with Crippen LogP contribution in [0.15, 0.2) is 46.3 Å². The Balaban J connectivity index is 1.79. The average Bonchev–Trinajstić information content (AvgIpc) is 2.82. The van der Waals surface area contributed by atoms with Gasteiger partial charge >= 0.3 is 0 Å². The van der Waals surface area contributed by atoms with Gasteiger partial charge in [0.2, 0.25) is 0 Å². The Morgan fingerprint density at radius 3 is 2.84 bits per heavy atom. The molecule has 0 aliphatic rings. The molecule has 0 bridgehead atoms.